The lowest BCUT2D eigenvalue weighted by Crippen LogP contribution is -2.15. The van der Waals surface area contributed by atoms with E-state index in [9.17, 15) is 14.4 Å². The van der Waals surface area contributed by atoms with Crippen LogP contribution in [-0.4, -0.2) is 56.3 Å². The number of nitrogens with two attached hydrogens (primary N) is 2. The van der Waals surface area contributed by atoms with E-state index in [2.05, 4.69) is 10.2 Å². The Morgan fingerprint density at radius 2 is 1.45 bits per heavy atom. The van der Waals surface area contributed by atoms with Crippen molar-refractivity contribution in [1.29, 1.82) is 0 Å². The molecular weight excluding hydrogens is 675 g/mol. The zero-order chi connectivity index (χ0) is 37.7. The van der Waals surface area contributed by atoms with Gasteiger partial charge in [0, 0.05) is 48.1 Å². The van der Waals surface area contributed by atoms with Gasteiger partial charge >= 0.3 is 0 Å². The van der Waals surface area contributed by atoms with E-state index in [1.54, 1.807) is 45.8 Å². The zero-order valence-electron chi connectivity index (χ0n) is 30.1. The lowest BCUT2D eigenvalue weighted by Gasteiger charge is -2.10. The molecule has 0 spiro atoms. The molecular formula is C39H39FN10O3. The Labute approximate surface area is 303 Å². The van der Waals surface area contributed by atoms with Gasteiger partial charge in [-0.15, -0.1) is 0 Å². The average molecular weight is 715 g/mol. The highest BCUT2D eigenvalue weighted by Crippen LogP contribution is 2.33. The minimum absolute atomic E-state index is 0.0140. The largest absolute Gasteiger partial charge is 0.366 e. The molecule has 5 aromatic heterocycles. The van der Waals surface area contributed by atoms with Gasteiger partial charge in [-0.2, -0.15) is 10.2 Å². The zero-order valence-corrected chi connectivity index (χ0v) is 30.1. The number of aromatic nitrogens is 8. The molecule has 0 unspecified atom stereocenters. The van der Waals surface area contributed by atoms with Crippen LogP contribution in [0.5, 0.6) is 0 Å². The summed E-state index contributed by atoms with van der Waals surface area (Å²) >= 11 is 0. The predicted octanol–water partition coefficient (Wildman–Crippen LogP) is 5.58. The topological polar surface area (TPSA) is 175 Å². The molecule has 2 amide bonds. The molecule has 270 valence electrons. The number of hydrogen-bond acceptors (Lipinski definition) is 7. The maximum absolute atomic E-state index is 15.8. The van der Waals surface area contributed by atoms with Gasteiger partial charge in [0.1, 0.15) is 22.9 Å². The number of allylic oxidation sites excluding steroid dienone is 2. The molecule has 53 heavy (non-hydrogen) atoms. The van der Waals surface area contributed by atoms with Gasteiger partial charge < -0.3 is 20.6 Å². The third-order valence-corrected chi connectivity index (χ3v) is 9.46. The molecule has 0 fully saturated rings. The third kappa shape index (κ3) is 6.26. The Balaban J connectivity index is 1.29. The van der Waals surface area contributed by atoms with Crippen molar-refractivity contribution in [3.05, 3.63) is 106 Å². The second kappa shape index (κ2) is 13.6. The van der Waals surface area contributed by atoms with Gasteiger partial charge in [0.2, 0.25) is 11.8 Å². The molecule has 4 N–H and O–H groups in total. The van der Waals surface area contributed by atoms with Crippen molar-refractivity contribution in [3.63, 3.8) is 0 Å². The Morgan fingerprint density at radius 1 is 0.774 bits per heavy atom. The van der Waals surface area contributed by atoms with E-state index in [-0.39, 0.29) is 17.9 Å². The SMILES string of the molecule is CCn1nc(C)cc1C(=O)Cc1nc2cc(C(N)=O)cc(C)c2n1C/C=C/Cn1c2ccc(C(N)=O)cc2c2cc(F)c(-c3cc(C)nn3CC)nc21. The van der Waals surface area contributed by atoms with Gasteiger partial charge in [-0.1, -0.05) is 12.2 Å². The van der Waals surface area contributed by atoms with Gasteiger partial charge in [0.25, 0.3) is 0 Å². The number of primary amides is 2. The van der Waals surface area contributed by atoms with Crippen LogP contribution in [0.1, 0.15) is 67.8 Å². The van der Waals surface area contributed by atoms with Crippen LogP contribution in [0.15, 0.2) is 60.7 Å². The van der Waals surface area contributed by atoms with Crippen molar-refractivity contribution in [2.45, 2.75) is 67.2 Å². The second-order valence-corrected chi connectivity index (χ2v) is 13.1. The molecule has 7 aromatic rings. The molecule has 0 aliphatic heterocycles. The van der Waals surface area contributed by atoms with E-state index in [0.29, 0.717) is 76.5 Å². The van der Waals surface area contributed by atoms with Crippen LogP contribution in [0.3, 0.4) is 0 Å². The summed E-state index contributed by atoms with van der Waals surface area (Å²) in [6, 6.07) is 13.5. The van der Waals surface area contributed by atoms with E-state index in [0.717, 1.165) is 28.0 Å². The van der Waals surface area contributed by atoms with E-state index in [1.165, 1.54) is 6.07 Å². The van der Waals surface area contributed by atoms with E-state index in [4.69, 9.17) is 21.4 Å². The number of carbonyl (C=O) groups is 3. The fourth-order valence-electron chi connectivity index (χ4n) is 7.08. The number of imidazole rings is 1. The quantitative estimate of drug-likeness (QED) is 0.123. The Kier molecular flexibility index (Phi) is 8.98. The molecule has 0 saturated carbocycles. The van der Waals surface area contributed by atoms with Crippen molar-refractivity contribution in [2.24, 2.45) is 11.5 Å². The number of ketones is 1. The van der Waals surface area contributed by atoms with Crippen molar-refractivity contribution in [1.82, 2.24) is 38.7 Å². The molecule has 0 atom stereocenters. The lowest BCUT2D eigenvalue weighted by molar-refractivity contribution is 0.0975. The number of Topliss-reactive ketones (excluding diaryl/α,β-unsaturated/α-hetero) is 1. The van der Waals surface area contributed by atoms with Crippen LogP contribution < -0.4 is 11.5 Å². The Bertz CT molecular complexity index is 2660. The number of benzene rings is 2. The molecule has 0 radical (unpaired) electrons. The van der Waals surface area contributed by atoms with Gasteiger partial charge in [-0.3, -0.25) is 23.7 Å². The molecule has 7 rings (SSSR count). The Morgan fingerprint density at radius 3 is 2.15 bits per heavy atom. The highest BCUT2D eigenvalue weighted by molar-refractivity contribution is 6.10. The number of nitrogens with zero attached hydrogens (tertiary/aromatic N) is 8. The predicted molar refractivity (Wildman–Crippen MR) is 200 cm³/mol. The molecule has 0 aliphatic carbocycles. The highest BCUT2D eigenvalue weighted by atomic mass is 19.1. The van der Waals surface area contributed by atoms with Gasteiger partial charge in [0.05, 0.1) is 40.1 Å². The smallest absolute Gasteiger partial charge is 0.248 e. The van der Waals surface area contributed by atoms with Crippen molar-refractivity contribution < 1.29 is 18.8 Å². The van der Waals surface area contributed by atoms with Crippen LogP contribution >= 0.6 is 0 Å². The lowest BCUT2D eigenvalue weighted by atomic mass is 10.1. The van der Waals surface area contributed by atoms with Crippen LogP contribution in [0.2, 0.25) is 0 Å². The maximum Gasteiger partial charge on any atom is 0.248 e. The number of rotatable bonds is 12. The van der Waals surface area contributed by atoms with Gasteiger partial charge in [-0.25, -0.2) is 14.4 Å². The summed E-state index contributed by atoms with van der Waals surface area (Å²) in [5, 5.41) is 10.1. The molecule has 0 saturated heterocycles. The summed E-state index contributed by atoms with van der Waals surface area (Å²) < 4.78 is 23.1. The first-order valence-corrected chi connectivity index (χ1v) is 17.4. The molecule has 13 nitrogen and oxygen atoms in total. The average Bonchev–Trinajstić information content (AvgIpc) is 3.87. The third-order valence-electron chi connectivity index (χ3n) is 9.46. The molecule has 14 heteroatoms. The van der Waals surface area contributed by atoms with Crippen LogP contribution in [0.4, 0.5) is 4.39 Å². The van der Waals surface area contributed by atoms with Gasteiger partial charge in [-0.05, 0) is 88.7 Å². The fraction of sp³-hybridized carbons (Fsp3) is 0.256. The summed E-state index contributed by atoms with van der Waals surface area (Å²) in [6.07, 6.45) is 3.94. The number of aryl methyl sites for hydroxylation is 5. The highest BCUT2D eigenvalue weighted by Gasteiger charge is 2.22. The van der Waals surface area contributed by atoms with Crippen LogP contribution in [0, 0.1) is 26.6 Å². The summed E-state index contributed by atoms with van der Waals surface area (Å²) in [7, 11) is 0. The first-order valence-electron chi connectivity index (χ1n) is 17.4. The van der Waals surface area contributed by atoms with Crippen LogP contribution in [0.25, 0.3) is 44.4 Å². The summed E-state index contributed by atoms with van der Waals surface area (Å²) in [6.45, 7) is 11.2. The maximum atomic E-state index is 15.8. The monoisotopic (exact) mass is 714 g/mol. The number of hydrogen-bond donors (Lipinski definition) is 2. The number of carbonyl (C=O) groups excluding carboxylic acids is 3. The summed E-state index contributed by atoms with van der Waals surface area (Å²) in [5.41, 5.74) is 18.0. The molecule has 0 aliphatic rings. The number of amides is 2. The molecule has 0 bridgehead atoms. The van der Waals surface area contributed by atoms with Crippen molar-refractivity contribution in [2.75, 3.05) is 0 Å². The van der Waals surface area contributed by atoms with Gasteiger partial charge in [0.15, 0.2) is 11.6 Å². The normalized spacial score (nSPS) is 11.9. The summed E-state index contributed by atoms with van der Waals surface area (Å²) in [4.78, 5) is 47.5. The fourth-order valence-corrected chi connectivity index (χ4v) is 7.08. The van der Waals surface area contributed by atoms with E-state index < -0.39 is 17.6 Å². The van der Waals surface area contributed by atoms with E-state index >= 15 is 4.39 Å². The first-order chi connectivity index (χ1) is 25.4. The van der Waals surface area contributed by atoms with Crippen molar-refractivity contribution >= 4 is 50.6 Å². The standard InChI is InChI=1S/C39H39FN10O3/c1-6-49-31(15-22(4)45-49)33(51)20-34-43-29-18-25(38(42)53)14-21(3)36(29)48(34)13-9-8-12-47-30-11-10-24(37(41)52)17-26(30)27-19-28(40)35(44-39(27)47)32-16-23(5)46-50(32)7-2/h8-11,14-19H,6-7,12-13,20H2,1-5H3,(H2,41,52)(H2,42,53)/b9-8+. The number of fused-ring (bicyclic) bond motifs is 4. The van der Waals surface area contributed by atoms with Crippen molar-refractivity contribution in [3.8, 4) is 11.4 Å². The van der Waals surface area contributed by atoms with E-state index in [1.807, 2.05) is 62.0 Å². The number of halogens is 1. The minimum Gasteiger partial charge on any atom is -0.366 e. The Hall–Kier alpha value is -6.44. The molecule has 2 aromatic carbocycles. The minimum atomic E-state index is -0.588. The second-order valence-electron chi connectivity index (χ2n) is 13.1. The number of pyridine rings is 1. The van der Waals surface area contributed by atoms with Crippen LogP contribution in [-0.2, 0) is 32.6 Å². The first kappa shape index (κ1) is 35.0. The molecule has 5 heterocycles. The summed E-state index contributed by atoms with van der Waals surface area (Å²) in [5.74, 6) is -1.26.